The molecule has 0 spiro atoms. The summed E-state index contributed by atoms with van der Waals surface area (Å²) in [6, 6.07) is 3.29. The zero-order valence-corrected chi connectivity index (χ0v) is 10.9. The van der Waals surface area contributed by atoms with Crippen LogP contribution >= 0.6 is 27.5 Å². The Morgan fingerprint density at radius 3 is 2.87 bits per heavy atom. The highest BCUT2D eigenvalue weighted by molar-refractivity contribution is 9.10. The van der Waals surface area contributed by atoms with Crippen molar-refractivity contribution in [3.05, 3.63) is 22.9 Å². The van der Waals surface area contributed by atoms with E-state index in [9.17, 15) is 8.42 Å². The van der Waals surface area contributed by atoms with Crippen molar-refractivity contribution in [3.8, 4) is 0 Å². The van der Waals surface area contributed by atoms with E-state index in [0.717, 1.165) is 0 Å². The molecular formula is C8H10BrClN2O2S. The molecule has 7 heteroatoms. The molecule has 0 amide bonds. The van der Waals surface area contributed by atoms with Gasteiger partial charge >= 0.3 is 0 Å². The van der Waals surface area contributed by atoms with Crippen LogP contribution in [0.25, 0.3) is 0 Å². The molecule has 1 aromatic rings. The minimum atomic E-state index is -3.32. The van der Waals surface area contributed by atoms with E-state index in [1.165, 1.54) is 0 Å². The molecule has 1 rings (SSSR count). The summed E-state index contributed by atoms with van der Waals surface area (Å²) in [5, 5.41) is 0. The van der Waals surface area contributed by atoms with E-state index < -0.39 is 10.0 Å². The van der Waals surface area contributed by atoms with Gasteiger partial charge in [0, 0.05) is 12.1 Å². The normalized spacial score (nSPS) is 11.3. The SMILES string of the molecule is O=S(=O)(CCCCl)Nc1cccnc1Br. The van der Waals surface area contributed by atoms with Crippen LogP contribution in [0.4, 0.5) is 5.69 Å². The third kappa shape index (κ3) is 4.36. The van der Waals surface area contributed by atoms with E-state index in [0.29, 0.717) is 22.6 Å². The zero-order chi connectivity index (χ0) is 11.3. The third-order valence-electron chi connectivity index (χ3n) is 1.57. The van der Waals surface area contributed by atoms with Crippen LogP contribution in [0.3, 0.4) is 0 Å². The van der Waals surface area contributed by atoms with Gasteiger partial charge in [-0.15, -0.1) is 11.6 Å². The molecular weight excluding hydrogens is 304 g/mol. The molecule has 0 saturated carbocycles. The molecule has 0 fully saturated rings. The number of halogens is 2. The summed E-state index contributed by atoms with van der Waals surface area (Å²) in [6.07, 6.45) is 2.00. The summed E-state index contributed by atoms with van der Waals surface area (Å²) < 4.78 is 25.9. The molecule has 0 aliphatic rings. The van der Waals surface area contributed by atoms with Crippen LogP contribution < -0.4 is 4.72 Å². The fourth-order valence-electron chi connectivity index (χ4n) is 0.925. The monoisotopic (exact) mass is 312 g/mol. The number of aromatic nitrogens is 1. The maximum Gasteiger partial charge on any atom is 0.232 e. The number of nitrogens with zero attached hydrogens (tertiary/aromatic N) is 1. The first-order valence-electron chi connectivity index (χ1n) is 4.22. The van der Waals surface area contributed by atoms with Crippen molar-refractivity contribution in [2.75, 3.05) is 16.4 Å². The second-order valence-corrected chi connectivity index (χ2v) is 5.78. The molecule has 1 heterocycles. The molecule has 4 nitrogen and oxygen atoms in total. The fraction of sp³-hybridized carbons (Fsp3) is 0.375. The smallest absolute Gasteiger partial charge is 0.232 e. The summed E-state index contributed by atoms with van der Waals surface area (Å²) >= 11 is 8.58. The van der Waals surface area contributed by atoms with Crippen LogP contribution in [-0.4, -0.2) is 25.0 Å². The molecule has 0 aliphatic carbocycles. The van der Waals surface area contributed by atoms with Crippen molar-refractivity contribution >= 4 is 43.2 Å². The minimum Gasteiger partial charge on any atom is -0.281 e. The lowest BCUT2D eigenvalue weighted by molar-refractivity contribution is 0.600. The van der Waals surface area contributed by atoms with Crippen molar-refractivity contribution < 1.29 is 8.42 Å². The van der Waals surface area contributed by atoms with Crippen LogP contribution in [0.5, 0.6) is 0 Å². The average Bonchev–Trinajstić information content (AvgIpc) is 2.18. The molecule has 15 heavy (non-hydrogen) atoms. The maximum absolute atomic E-state index is 11.5. The topological polar surface area (TPSA) is 59.1 Å². The Morgan fingerprint density at radius 2 is 2.27 bits per heavy atom. The van der Waals surface area contributed by atoms with E-state index in [4.69, 9.17) is 11.6 Å². The predicted octanol–water partition coefficient (Wildman–Crippen LogP) is 2.21. The highest BCUT2D eigenvalue weighted by Gasteiger charge is 2.11. The Morgan fingerprint density at radius 1 is 1.53 bits per heavy atom. The predicted molar refractivity (Wildman–Crippen MR) is 64.7 cm³/mol. The lowest BCUT2D eigenvalue weighted by Crippen LogP contribution is -2.17. The van der Waals surface area contributed by atoms with Gasteiger partial charge in [-0.25, -0.2) is 13.4 Å². The van der Waals surface area contributed by atoms with E-state index in [1.54, 1.807) is 18.3 Å². The number of nitrogens with one attached hydrogen (secondary N) is 1. The Kier molecular flexibility index (Phi) is 4.82. The highest BCUT2D eigenvalue weighted by atomic mass is 79.9. The first-order valence-corrected chi connectivity index (χ1v) is 7.20. The van der Waals surface area contributed by atoms with E-state index >= 15 is 0 Å². The first-order chi connectivity index (χ1) is 7.05. The molecule has 0 radical (unpaired) electrons. The Balaban J connectivity index is 2.74. The molecule has 1 N–H and O–H groups in total. The molecule has 0 bridgehead atoms. The second kappa shape index (κ2) is 5.67. The van der Waals surface area contributed by atoms with Gasteiger partial charge in [-0.05, 0) is 34.5 Å². The zero-order valence-electron chi connectivity index (χ0n) is 7.78. The van der Waals surface area contributed by atoms with Gasteiger partial charge in [-0.2, -0.15) is 0 Å². The number of anilines is 1. The summed E-state index contributed by atoms with van der Waals surface area (Å²) in [7, 11) is -3.32. The number of hydrogen-bond donors (Lipinski definition) is 1. The summed E-state index contributed by atoms with van der Waals surface area (Å²) in [5.74, 6) is 0.340. The van der Waals surface area contributed by atoms with Crippen LogP contribution in [0.2, 0.25) is 0 Å². The Labute approximate surface area is 102 Å². The first kappa shape index (κ1) is 12.7. The molecule has 0 aromatic carbocycles. The van der Waals surface area contributed by atoms with Gasteiger partial charge in [-0.3, -0.25) is 4.72 Å². The van der Waals surface area contributed by atoms with Gasteiger partial charge in [0.05, 0.1) is 11.4 Å². The van der Waals surface area contributed by atoms with Gasteiger partial charge in [-0.1, -0.05) is 0 Å². The van der Waals surface area contributed by atoms with Crippen molar-refractivity contribution in [1.82, 2.24) is 4.98 Å². The number of rotatable bonds is 5. The second-order valence-electron chi connectivity index (χ2n) is 2.81. The Hall–Kier alpha value is -0.330. The molecule has 0 atom stereocenters. The van der Waals surface area contributed by atoms with Gasteiger partial charge in [0.1, 0.15) is 4.60 Å². The van der Waals surface area contributed by atoms with Crippen LogP contribution in [0, 0.1) is 0 Å². The van der Waals surface area contributed by atoms with E-state index in [1.807, 2.05) is 0 Å². The van der Waals surface area contributed by atoms with Crippen LogP contribution in [0.1, 0.15) is 6.42 Å². The van der Waals surface area contributed by atoms with Crippen molar-refractivity contribution in [1.29, 1.82) is 0 Å². The number of sulfonamides is 1. The van der Waals surface area contributed by atoms with Crippen LogP contribution in [-0.2, 0) is 10.0 Å². The van der Waals surface area contributed by atoms with E-state index in [-0.39, 0.29) is 5.75 Å². The molecule has 0 saturated heterocycles. The molecule has 1 aromatic heterocycles. The van der Waals surface area contributed by atoms with Gasteiger partial charge < -0.3 is 0 Å². The average molecular weight is 314 g/mol. The third-order valence-corrected chi connectivity index (χ3v) is 3.83. The highest BCUT2D eigenvalue weighted by Crippen LogP contribution is 2.19. The van der Waals surface area contributed by atoms with E-state index in [2.05, 4.69) is 25.6 Å². The van der Waals surface area contributed by atoms with Crippen molar-refractivity contribution in [3.63, 3.8) is 0 Å². The van der Waals surface area contributed by atoms with Gasteiger partial charge in [0.25, 0.3) is 0 Å². The number of alkyl halides is 1. The maximum atomic E-state index is 11.5. The molecule has 0 aliphatic heterocycles. The lowest BCUT2D eigenvalue weighted by atomic mass is 10.4. The minimum absolute atomic E-state index is 0.0117. The Bertz CT molecular complexity index is 424. The van der Waals surface area contributed by atoms with Crippen LogP contribution in [0.15, 0.2) is 22.9 Å². The quantitative estimate of drug-likeness (QED) is 0.670. The standard InChI is InChI=1S/C8H10BrClN2O2S/c9-8-7(3-1-5-11-8)12-15(13,14)6-2-4-10/h1,3,5,12H,2,4,6H2. The van der Waals surface area contributed by atoms with Gasteiger partial charge in [0.2, 0.25) is 10.0 Å². The number of pyridine rings is 1. The summed E-state index contributed by atoms with van der Waals surface area (Å²) in [5.41, 5.74) is 0.437. The van der Waals surface area contributed by atoms with Crippen molar-refractivity contribution in [2.45, 2.75) is 6.42 Å². The number of hydrogen-bond acceptors (Lipinski definition) is 3. The summed E-state index contributed by atoms with van der Waals surface area (Å²) in [4.78, 5) is 3.91. The van der Waals surface area contributed by atoms with Crippen molar-refractivity contribution in [2.24, 2.45) is 0 Å². The summed E-state index contributed by atoms with van der Waals surface area (Å²) in [6.45, 7) is 0. The van der Waals surface area contributed by atoms with Gasteiger partial charge in [0.15, 0.2) is 0 Å². The largest absolute Gasteiger partial charge is 0.281 e. The molecule has 0 unspecified atom stereocenters. The lowest BCUT2D eigenvalue weighted by Gasteiger charge is -2.07. The fourth-order valence-corrected chi connectivity index (χ4v) is 2.82. The molecule has 84 valence electrons.